The van der Waals surface area contributed by atoms with Gasteiger partial charge in [0.2, 0.25) is 5.91 Å². The fraction of sp³-hybridized carbons (Fsp3) is 0.588. The van der Waals surface area contributed by atoms with Gasteiger partial charge >= 0.3 is 0 Å². The molecule has 1 aliphatic carbocycles. The van der Waals surface area contributed by atoms with Crippen molar-refractivity contribution in [2.45, 2.75) is 43.5 Å². The highest BCUT2D eigenvalue weighted by molar-refractivity contribution is 7.84. The Morgan fingerprint density at radius 2 is 1.82 bits per heavy atom. The Hall–Kier alpha value is -1.20. The van der Waals surface area contributed by atoms with E-state index in [4.69, 9.17) is 0 Å². The highest BCUT2D eigenvalue weighted by atomic mass is 32.2. The summed E-state index contributed by atoms with van der Waals surface area (Å²) in [5, 5.41) is 6.34. The van der Waals surface area contributed by atoms with Crippen LogP contribution in [-0.4, -0.2) is 29.5 Å². The molecule has 2 rings (SSSR count). The van der Waals surface area contributed by atoms with E-state index in [1.54, 1.807) is 6.26 Å². The molecular weight excluding hydrogens is 296 g/mol. The largest absolute Gasteiger partial charge is 0.355 e. The molecule has 1 fully saturated rings. The number of rotatable bonds is 7. The highest BCUT2D eigenvalue weighted by Gasteiger charge is 2.20. The molecule has 1 aromatic rings. The summed E-state index contributed by atoms with van der Waals surface area (Å²) in [4.78, 5) is 12.8. The van der Waals surface area contributed by atoms with E-state index >= 15 is 0 Å². The lowest BCUT2D eigenvalue weighted by atomic mass is 9.89. The monoisotopic (exact) mass is 322 g/mol. The minimum atomic E-state index is -0.922. The van der Waals surface area contributed by atoms with Gasteiger partial charge in [0.25, 0.3) is 0 Å². The van der Waals surface area contributed by atoms with Gasteiger partial charge in [-0.2, -0.15) is 0 Å². The number of nitrogens with one attached hydrogen (secondary N) is 2. The zero-order valence-corrected chi connectivity index (χ0v) is 14.1. The molecular formula is C17H26N2O2S. The van der Waals surface area contributed by atoms with Crippen molar-refractivity contribution < 1.29 is 9.00 Å². The number of hydrogen-bond acceptors (Lipinski definition) is 3. The van der Waals surface area contributed by atoms with E-state index in [1.165, 1.54) is 19.3 Å². The predicted octanol–water partition coefficient (Wildman–Crippen LogP) is 2.21. The van der Waals surface area contributed by atoms with Crippen LogP contribution in [0.3, 0.4) is 0 Å². The second kappa shape index (κ2) is 9.06. The van der Waals surface area contributed by atoms with Crippen LogP contribution in [0.5, 0.6) is 0 Å². The molecule has 2 N–H and O–H groups in total. The molecule has 1 saturated carbocycles. The summed E-state index contributed by atoms with van der Waals surface area (Å²) in [6.07, 6.45) is 7.43. The third kappa shape index (κ3) is 5.54. The molecule has 4 nitrogen and oxygen atoms in total. The molecule has 122 valence electrons. The van der Waals surface area contributed by atoms with Gasteiger partial charge in [-0.1, -0.05) is 31.4 Å². The van der Waals surface area contributed by atoms with Crippen LogP contribution in [0.4, 0.5) is 0 Å². The highest BCUT2D eigenvalue weighted by Crippen LogP contribution is 2.23. The van der Waals surface area contributed by atoms with Gasteiger partial charge in [-0.25, -0.2) is 0 Å². The maximum absolute atomic E-state index is 12.0. The van der Waals surface area contributed by atoms with Gasteiger partial charge < -0.3 is 10.6 Å². The molecule has 1 aromatic carbocycles. The van der Waals surface area contributed by atoms with E-state index in [0.29, 0.717) is 6.54 Å². The lowest BCUT2D eigenvalue weighted by Gasteiger charge is -2.20. The van der Waals surface area contributed by atoms with Crippen LogP contribution in [0.25, 0.3) is 0 Å². The molecule has 1 unspecified atom stereocenters. The number of carbonyl (C=O) groups is 1. The second-order valence-electron chi connectivity index (χ2n) is 5.90. The maximum Gasteiger partial charge on any atom is 0.223 e. The Balaban J connectivity index is 1.60. The average molecular weight is 322 g/mol. The summed E-state index contributed by atoms with van der Waals surface area (Å²) in [6.45, 7) is 2.20. The summed E-state index contributed by atoms with van der Waals surface area (Å²) in [5.74, 6) is 0.451. The zero-order chi connectivity index (χ0) is 15.8. The van der Waals surface area contributed by atoms with Crippen molar-refractivity contribution in [3.05, 3.63) is 29.8 Å². The van der Waals surface area contributed by atoms with E-state index in [0.717, 1.165) is 36.4 Å². The fourth-order valence-electron chi connectivity index (χ4n) is 2.81. The summed E-state index contributed by atoms with van der Waals surface area (Å²) >= 11 is 0. The standard InChI is InChI=1S/C17H26N2O2S/c1-22(21)16-9-7-14(8-10-16)13-18-11-12-19-17(20)15-5-3-2-4-6-15/h7-10,15,18H,2-6,11-13H2,1H3,(H,19,20). The van der Waals surface area contributed by atoms with Crippen molar-refractivity contribution in [3.8, 4) is 0 Å². The molecule has 5 heteroatoms. The SMILES string of the molecule is CS(=O)c1ccc(CNCCNC(=O)C2CCCCC2)cc1. The number of amides is 1. The minimum absolute atomic E-state index is 0.219. The van der Waals surface area contributed by atoms with Crippen LogP contribution in [0.15, 0.2) is 29.2 Å². The Bertz CT molecular complexity index is 496. The molecule has 22 heavy (non-hydrogen) atoms. The Labute approximate surface area is 135 Å². The smallest absolute Gasteiger partial charge is 0.223 e. The van der Waals surface area contributed by atoms with Gasteiger partial charge in [0.1, 0.15) is 0 Å². The Morgan fingerprint density at radius 1 is 1.14 bits per heavy atom. The summed E-state index contributed by atoms with van der Waals surface area (Å²) in [6, 6.07) is 7.78. The third-order valence-electron chi connectivity index (χ3n) is 4.16. The summed E-state index contributed by atoms with van der Waals surface area (Å²) < 4.78 is 11.3. The first-order valence-corrected chi connectivity index (χ1v) is 9.63. The quantitative estimate of drug-likeness (QED) is 0.757. The normalized spacial score (nSPS) is 17.1. The predicted molar refractivity (Wildman–Crippen MR) is 90.1 cm³/mol. The number of carbonyl (C=O) groups excluding carboxylic acids is 1. The average Bonchev–Trinajstić information content (AvgIpc) is 2.55. The van der Waals surface area contributed by atoms with Crippen molar-refractivity contribution in [2.24, 2.45) is 5.92 Å². The van der Waals surface area contributed by atoms with E-state index < -0.39 is 10.8 Å². The van der Waals surface area contributed by atoms with Crippen molar-refractivity contribution in [1.82, 2.24) is 10.6 Å². The lowest BCUT2D eigenvalue weighted by molar-refractivity contribution is -0.125. The summed E-state index contributed by atoms with van der Waals surface area (Å²) in [5.41, 5.74) is 1.16. The van der Waals surface area contributed by atoms with E-state index in [2.05, 4.69) is 10.6 Å². The van der Waals surface area contributed by atoms with Gasteiger partial charge in [0.05, 0.1) is 0 Å². The molecule has 0 heterocycles. The van der Waals surface area contributed by atoms with Crippen LogP contribution in [0.2, 0.25) is 0 Å². The van der Waals surface area contributed by atoms with Crippen LogP contribution in [-0.2, 0) is 22.1 Å². The second-order valence-corrected chi connectivity index (χ2v) is 7.28. The Kier molecular flexibility index (Phi) is 7.06. The van der Waals surface area contributed by atoms with Crippen molar-refractivity contribution in [2.75, 3.05) is 19.3 Å². The molecule has 1 atom stereocenters. The first kappa shape index (κ1) is 17.2. The van der Waals surface area contributed by atoms with Gasteiger partial charge in [-0.15, -0.1) is 0 Å². The van der Waals surface area contributed by atoms with Gasteiger partial charge in [-0.05, 0) is 30.5 Å². The van der Waals surface area contributed by atoms with Crippen molar-refractivity contribution in [3.63, 3.8) is 0 Å². The summed E-state index contributed by atoms with van der Waals surface area (Å²) in [7, 11) is -0.922. The zero-order valence-electron chi connectivity index (χ0n) is 13.3. The molecule has 1 aliphatic rings. The molecule has 0 bridgehead atoms. The molecule has 0 aromatic heterocycles. The first-order valence-electron chi connectivity index (χ1n) is 8.07. The molecule has 0 aliphatic heterocycles. The van der Waals surface area contributed by atoms with Crippen LogP contribution in [0, 0.1) is 5.92 Å². The van der Waals surface area contributed by atoms with Gasteiger partial charge in [0.15, 0.2) is 0 Å². The number of benzene rings is 1. The maximum atomic E-state index is 12.0. The number of hydrogen-bond donors (Lipinski definition) is 2. The van der Waals surface area contributed by atoms with Crippen LogP contribution >= 0.6 is 0 Å². The molecule has 1 amide bonds. The van der Waals surface area contributed by atoms with E-state index in [-0.39, 0.29) is 11.8 Å². The third-order valence-corrected chi connectivity index (χ3v) is 5.10. The fourth-order valence-corrected chi connectivity index (χ4v) is 3.33. The first-order chi connectivity index (χ1) is 10.7. The minimum Gasteiger partial charge on any atom is -0.355 e. The topological polar surface area (TPSA) is 58.2 Å². The lowest BCUT2D eigenvalue weighted by Crippen LogP contribution is -2.36. The van der Waals surface area contributed by atoms with Crippen LogP contribution < -0.4 is 10.6 Å². The molecule has 0 radical (unpaired) electrons. The Morgan fingerprint density at radius 3 is 2.45 bits per heavy atom. The van der Waals surface area contributed by atoms with Gasteiger partial charge in [-0.3, -0.25) is 9.00 Å². The molecule has 0 saturated heterocycles. The molecule has 0 spiro atoms. The van der Waals surface area contributed by atoms with Crippen LogP contribution in [0.1, 0.15) is 37.7 Å². The van der Waals surface area contributed by atoms with E-state index in [9.17, 15) is 9.00 Å². The van der Waals surface area contributed by atoms with Gasteiger partial charge in [0, 0.05) is 47.5 Å². The van der Waals surface area contributed by atoms with Crippen molar-refractivity contribution in [1.29, 1.82) is 0 Å². The van der Waals surface area contributed by atoms with E-state index in [1.807, 2.05) is 24.3 Å². The van der Waals surface area contributed by atoms with Crippen molar-refractivity contribution >= 4 is 16.7 Å².